The van der Waals surface area contributed by atoms with Gasteiger partial charge in [-0.1, -0.05) is 17.3 Å². The van der Waals surface area contributed by atoms with Gasteiger partial charge in [-0.05, 0) is 49.2 Å². The highest BCUT2D eigenvalue weighted by Crippen LogP contribution is 2.55. The van der Waals surface area contributed by atoms with Crippen LogP contribution in [0.4, 0.5) is 10.1 Å². The van der Waals surface area contributed by atoms with Gasteiger partial charge in [0, 0.05) is 35.0 Å². The van der Waals surface area contributed by atoms with Crippen molar-refractivity contribution < 1.29 is 13.7 Å². The number of nitrogens with zero attached hydrogens (tertiary/aromatic N) is 2. The number of carbonyl (C=O) groups excluding carboxylic acids is 1. The summed E-state index contributed by atoms with van der Waals surface area (Å²) in [6, 6.07) is 13.6. The number of aromatic nitrogens is 2. The zero-order valence-corrected chi connectivity index (χ0v) is 18.8. The molecule has 0 unspecified atom stereocenters. The van der Waals surface area contributed by atoms with Crippen LogP contribution in [-0.4, -0.2) is 26.1 Å². The summed E-state index contributed by atoms with van der Waals surface area (Å²) in [6.45, 7) is 0. The molecule has 1 aliphatic rings. The number of nitrogens with one attached hydrogen (secondary N) is 1. The standard InChI is InChI=1S/C22H20Cl2FN3O2S/c23-22(24)12-15(22)13-31-18-5-2-1-4-17(18)26-19(29)6-3-7-20-27-21(28-30-20)14-8-10-16(25)11-9-14/h1-2,4-5,8-11,15H,3,6-7,12-13H2,(H,26,29)/t15-/m0/s1. The number of alkyl halides is 2. The number of hydrogen-bond acceptors (Lipinski definition) is 5. The molecule has 0 radical (unpaired) electrons. The number of anilines is 1. The van der Waals surface area contributed by atoms with Gasteiger partial charge < -0.3 is 9.84 Å². The number of halogens is 3. The summed E-state index contributed by atoms with van der Waals surface area (Å²) in [5.41, 5.74) is 1.46. The molecule has 1 saturated carbocycles. The first-order valence-corrected chi connectivity index (χ1v) is 11.6. The Labute approximate surface area is 193 Å². The molecule has 5 nitrogen and oxygen atoms in total. The second kappa shape index (κ2) is 9.59. The topological polar surface area (TPSA) is 68.0 Å². The molecule has 4 rings (SSSR count). The van der Waals surface area contributed by atoms with Crippen LogP contribution in [0.1, 0.15) is 25.2 Å². The number of amides is 1. The van der Waals surface area contributed by atoms with Gasteiger partial charge in [-0.15, -0.1) is 35.0 Å². The minimum absolute atomic E-state index is 0.0817. The molecular formula is C22H20Cl2FN3O2S. The largest absolute Gasteiger partial charge is 0.339 e. The Morgan fingerprint density at radius 1 is 1.23 bits per heavy atom. The number of rotatable bonds is 9. The van der Waals surface area contributed by atoms with Crippen LogP contribution in [0.15, 0.2) is 57.9 Å². The third-order valence-corrected chi connectivity index (χ3v) is 7.08. The lowest BCUT2D eigenvalue weighted by Crippen LogP contribution is -2.12. The van der Waals surface area contributed by atoms with Gasteiger partial charge in [-0.25, -0.2) is 4.39 Å². The van der Waals surface area contributed by atoms with E-state index in [-0.39, 0.29) is 17.6 Å². The van der Waals surface area contributed by atoms with Crippen LogP contribution in [-0.2, 0) is 11.2 Å². The van der Waals surface area contributed by atoms with Crippen LogP contribution in [0.25, 0.3) is 11.4 Å². The molecule has 1 atom stereocenters. The third kappa shape index (κ3) is 5.99. The number of para-hydroxylation sites is 1. The van der Waals surface area contributed by atoms with Crippen LogP contribution >= 0.6 is 35.0 Å². The van der Waals surface area contributed by atoms with Gasteiger partial charge in [0.25, 0.3) is 0 Å². The minimum atomic E-state index is -0.601. The fourth-order valence-electron chi connectivity index (χ4n) is 3.02. The number of carbonyl (C=O) groups is 1. The van der Waals surface area contributed by atoms with Gasteiger partial charge in [0.1, 0.15) is 10.2 Å². The van der Waals surface area contributed by atoms with Crippen LogP contribution in [0, 0.1) is 11.7 Å². The van der Waals surface area contributed by atoms with E-state index in [9.17, 15) is 9.18 Å². The molecule has 31 heavy (non-hydrogen) atoms. The zero-order valence-electron chi connectivity index (χ0n) is 16.5. The quantitative estimate of drug-likeness (QED) is 0.295. The third-order valence-electron chi connectivity index (χ3n) is 4.92. The van der Waals surface area contributed by atoms with Crippen LogP contribution in [0.2, 0.25) is 0 Å². The van der Waals surface area contributed by atoms with E-state index < -0.39 is 4.33 Å². The van der Waals surface area contributed by atoms with Gasteiger partial charge in [0.05, 0.1) is 5.69 Å². The Balaban J connectivity index is 1.25. The van der Waals surface area contributed by atoms with E-state index >= 15 is 0 Å². The fraction of sp³-hybridized carbons (Fsp3) is 0.318. The first kappa shape index (κ1) is 22.1. The molecule has 1 N–H and O–H groups in total. The molecule has 0 aliphatic heterocycles. The Kier molecular flexibility index (Phi) is 6.84. The van der Waals surface area contributed by atoms with Gasteiger partial charge >= 0.3 is 0 Å². The molecule has 1 aromatic heterocycles. The van der Waals surface area contributed by atoms with Crippen molar-refractivity contribution >= 4 is 46.6 Å². The van der Waals surface area contributed by atoms with Crippen LogP contribution < -0.4 is 5.32 Å². The summed E-state index contributed by atoms with van der Waals surface area (Å²) in [6.07, 6.45) is 2.17. The van der Waals surface area contributed by atoms with E-state index in [1.165, 1.54) is 12.1 Å². The average molecular weight is 480 g/mol. The summed E-state index contributed by atoms with van der Waals surface area (Å²) >= 11 is 13.8. The number of aryl methyl sites for hydroxylation is 1. The molecule has 9 heteroatoms. The fourth-order valence-corrected chi connectivity index (χ4v) is 4.96. The SMILES string of the molecule is O=C(CCCc1nc(-c2ccc(F)cc2)no1)Nc1ccccc1SC[C@@H]1CC1(Cl)Cl. The second-order valence-electron chi connectivity index (χ2n) is 7.39. The Bertz CT molecular complexity index is 1060. The lowest BCUT2D eigenvalue weighted by atomic mass is 10.2. The summed E-state index contributed by atoms with van der Waals surface area (Å²) < 4.78 is 17.7. The van der Waals surface area contributed by atoms with Crippen molar-refractivity contribution in [3.05, 3.63) is 60.2 Å². The lowest BCUT2D eigenvalue weighted by molar-refractivity contribution is -0.116. The minimum Gasteiger partial charge on any atom is -0.339 e. The molecule has 0 saturated heterocycles. The van der Waals surface area contributed by atoms with E-state index in [1.807, 2.05) is 24.3 Å². The molecule has 0 spiro atoms. The van der Waals surface area contributed by atoms with Gasteiger partial charge in [-0.3, -0.25) is 4.79 Å². The van der Waals surface area contributed by atoms with E-state index in [0.29, 0.717) is 36.5 Å². The number of thioether (sulfide) groups is 1. The first-order valence-electron chi connectivity index (χ1n) is 9.89. The second-order valence-corrected chi connectivity index (χ2v) is 9.99. The molecule has 162 valence electrons. The first-order chi connectivity index (χ1) is 14.9. The molecule has 3 aromatic rings. The van der Waals surface area contributed by atoms with Crippen molar-refractivity contribution in [3.8, 4) is 11.4 Å². The van der Waals surface area contributed by atoms with Crippen molar-refractivity contribution in [2.24, 2.45) is 5.92 Å². The zero-order chi connectivity index (χ0) is 21.8. The van der Waals surface area contributed by atoms with Gasteiger partial charge in [0.2, 0.25) is 17.6 Å². The van der Waals surface area contributed by atoms with E-state index in [2.05, 4.69) is 15.5 Å². The highest BCUT2D eigenvalue weighted by Gasteiger charge is 2.51. The predicted molar refractivity (Wildman–Crippen MR) is 121 cm³/mol. The highest BCUT2D eigenvalue weighted by atomic mass is 35.5. The Hall–Kier alpha value is -2.09. The van der Waals surface area contributed by atoms with Crippen LogP contribution in [0.3, 0.4) is 0 Å². The molecule has 2 aromatic carbocycles. The monoisotopic (exact) mass is 479 g/mol. The van der Waals surface area contributed by atoms with E-state index in [1.54, 1.807) is 23.9 Å². The van der Waals surface area contributed by atoms with Crippen molar-refractivity contribution in [1.29, 1.82) is 0 Å². The van der Waals surface area contributed by atoms with Crippen molar-refractivity contribution in [2.45, 2.75) is 34.9 Å². The molecular weight excluding hydrogens is 460 g/mol. The van der Waals surface area contributed by atoms with Crippen molar-refractivity contribution in [1.82, 2.24) is 10.1 Å². The molecule has 1 amide bonds. The summed E-state index contributed by atoms with van der Waals surface area (Å²) in [7, 11) is 0. The van der Waals surface area contributed by atoms with Crippen LogP contribution in [0.5, 0.6) is 0 Å². The molecule has 1 fully saturated rings. The normalized spacial score (nSPS) is 16.8. The summed E-state index contributed by atoms with van der Waals surface area (Å²) in [4.78, 5) is 17.7. The summed E-state index contributed by atoms with van der Waals surface area (Å²) in [5, 5.41) is 6.88. The van der Waals surface area contributed by atoms with Gasteiger partial charge in [0.15, 0.2) is 0 Å². The maximum absolute atomic E-state index is 13.0. The predicted octanol–water partition coefficient (Wildman–Crippen LogP) is 6.12. The van der Waals surface area contributed by atoms with Crippen molar-refractivity contribution in [3.63, 3.8) is 0 Å². The highest BCUT2D eigenvalue weighted by molar-refractivity contribution is 7.99. The number of hydrogen-bond donors (Lipinski definition) is 1. The van der Waals surface area contributed by atoms with E-state index in [0.717, 1.165) is 22.8 Å². The lowest BCUT2D eigenvalue weighted by Gasteiger charge is -2.10. The smallest absolute Gasteiger partial charge is 0.226 e. The maximum Gasteiger partial charge on any atom is 0.226 e. The Morgan fingerprint density at radius 2 is 1.97 bits per heavy atom. The molecule has 1 heterocycles. The maximum atomic E-state index is 13.0. The average Bonchev–Trinajstić information content (AvgIpc) is 3.12. The molecule has 0 bridgehead atoms. The number of benzene rings is 2. The van der Waals surface area contributed by atoms with Crippen molar-refractivity contribution in [2.75, 3.05) is 11.1 Å². The van der Waals surface area contributed by atoms with Gasteiger partial charge in [-0.2, -0.15) is 4.98 Å². The summed E-state index contributed by atoms with van der Waals surface area (Å²) in [5.74, 6) is 1.53. The Morgan fingerprint density at radius 3 is 2.71 bits per heavy atom. The van der Waals surface area contributed by atoms with E-state index in [4.69, 9.17) is 27.7 Å². The molecule has 1 aliphatic carbocycles.